The Hall–Kier alpha value is -1.59. The van der Waals surface area contributed by atoms with Crippen molar-refractivity contribution in [2.24, 2.45) is 0 Å². The predicted octanol–water partition coefficient (Wildman–Crippen LogP) is 2.59. The van der Waals surface area contributed by atoms with Crippen LogP contribution < -0.4 is 10.1 Å². The van der Waals surface area contributed by atoms with Crippen molar-refractivity contribution in [1.29, 1.82) is 0 Å². The van der Waals surface area contributed by atoms with Crippen LogP contribution in [0.15, 0.2) is 24.3 Å². The summed E-state index contributed by atoms with van der Waals surface area (Å²) < 4.78 is 11.2. The van der Waals surface area contributed by atoms with E-state index in [1.54, 1.807) is 0 Å². The molecule has 1 aromatic carbocycles. The van der Waals surface area contributed by atoms with E-state index in [0.29, 0.717) is 19.6 Å². The van der Waals surface area contributed by atoms with E-state index in [0.717, 1.165) is 37.2 Å². The molecule has 0 bridgehead atoms. The van der Waals surface area contributed by atoms with Crippen molar-refractivity contribution in [2.75, 3.05) is 13.2 Å². The van der Waals surface area contributed by atoms with E-state index < -0.39 is 12.0 Å². The Morgan fingerprint density at radius 2 is 2.23 bits per heavy atom. The minimum atomic E-state index is -0.793. The fourth-order valence-corrected chi connectivity index (χ4v) is 2.51. The van der Waals surface area contributed by atoms with Crippen molar-refractivity contribution >= 4 is 5.97 Å². The van der Waals surface area contributed by atoms with Crippen LogP contribution in [0.5, 0.6) is 5.75 Å². The molecule has 2 atom stereocenters. The smallest absolute Gasteiger partial charge is 0.320 e. The molecule has 0 spiro atoms. The van der Waals surface area contributed by atoms with E-state index in [-0.39, 0.29) is 6.10 Å². The van der Waals surface area contributed by atoms with Gasteiger partial charge < -0.3 is 19.9 Å². The maximum absolute atomic E-state index is 11.1. The summed E-state index contributed by atoms with van der Waals surface area (Å²) in [6, 6.07) is 7.27. The lowest BCUT2D eigenvalue weighted by atomic mass is 10.1. The molecule has 0 aliphatic carbocycles. The Balaban J connectivity index is 1.76. The highest BCUT2D eigenvalue weighted by Gasteiger charge is 2.16. The number of nitrogens with one attached hydrogen (secondary N) is 1. The number of aliphatic carboxylic acids is 1. The van der Waals surface area contributed by atoms with Gasteiger partial charge in [0.05, 0.1) is 6.10 Å². The van der Waals surface area contributed by atoms with E-state index in [1.807, 2.05) is 31.2 Å². The van der Waals surface area contributed by atoms with Crippen LogP contribution in [0, 0.1) is 0 Å². The third-order valence-corrected chi connectivity index (χ3v) is 3.81. The largest absolute Gasteiger partial charge is 0.491 e. The van der Waals surface area contributed by atoms with E-state index >= 15 is 0 Å². The number of carboxylic acids is 1. The third kappa shape index (κ3) is 5.31. The molecule has 1 aromatic rings. The molecular formula is C17H25NO4. The molecule has 0 radical (unpaired) electrons. The van der Waals surface area contributed by atoms with E-state index in [1.165, 1.54) is 0 Å². The Bertz CT molecular complexity index is 454. The lowest BCUT2D eigenvalue weighted by Gasteiger charge is -2.14. The maximum atomic E-state index is 11.1. The summed E-state index contributed by atoms with van der Waals surface area (Å²) in [4.78, 5) is 11.1. The highest BCUT2D eigenvalue weighted by molar-refractivity contribution is 5.73. The molecule has 0 amide bonds. The van der Waals surface area contributed by atoms with E-state index in [4.69, 9.17) is 14.6 Å². The summed E-state index contributed by atoms with van der Waals surface area (Å²) in [5.41, 5.74) is 1.05. The molecule has 2 N–H and O–H groups in total. The van der Waals surface area contributed by atoms with Crippen LogP contribution in [0.3, 0.4) is 0 Å². The quantitative estimate of drug-likeness (QED) is 0.734. The molecule has 1 heterocycles. The molecule has 1 aliphatic heterocycles. The van der Waals surface area contributed by atoms with Gasteiger partial charge in [0, 0.05) is 13.2 Å². The van der Waals surface area contributed by atoms with Crippen molar-refractivity contribution < 1.29 is 19.4 Å². The van der Waals surface area contributed by atoms with Crippen molar-refractivity contribution in [3.8, 4) is 5.75 Å². The number of carboxylic acid groups (broad SMARTS) is 1. The number of benzene rings is 1. The first-order valence-electron chi connectivity index (χ1n) is 7.98. The van der Waals surface area contributed by atoms with Gasteiger partial charge in [-0.05, 0) is 37.0 Å². The van der Waals surface area contributed by atoms with Gasteiger partial charge in [0.25, 0.3) is 0 Å². The zero-order valence-electron chi connectivity index (χ0n) is 13.1. The lowest BCUT2D eigenvalue weighted by Crippen LogP contribution is -2.35. The van der Waals surface area contributed by atoms with Crippen molar-refractivity contribution in [3.05, 3.63) is 29.8 Å². The Morgan fingerprint density at radius 3 is 2.82 bits per heavy atom. The van der Waals surface area contributed by atoms with Crippen LogP contribution in [0.25, 0.3) is 0 Å². The lowest BCUT2D eigenvalue weighted by molar-refractivity contribution is -0.139. The zero-order chi connectivity index (χ0) is 15.8. The molecule has 5 nitrogen and oxygen atoms in total. The summed E-state index contributed by atoms with van der Waals surface area (Å²) in [7, 11) is 0. The SMILES string of the molecule is CCCC(NCc1ccc(OCC2CCCO2)cc1)C(=O)O. The van der Waals surface area contributed by atoms with Gasteiger partial charge in [0.2, 0.25) is 0 Å². The van der Waals surface area contributed by atoms with Gasteiger partial charge in [-0.3, -0.25) is 4.79 Å². The second-order valence-corrected chi connectivity index (χ2v) is 5.65. The van der Waals surface area contributed by atoms with Gasteiger partial charge in [-0.15, -0.1) is 0 Å². The molecule has 2 rings (SSSR count). The van der Waals surface area contributed by atoms with E-state index in [9.17, 15) is 4.79 Å². The molecule has 2 unspecified atom stereocenters. The first kappa shape index (κ1) is 16.8. The fourth-order valence-electron chi connectivity index (χ4n) is 2.51. The van der Waals surface area contributed by atoms with Crippen LogP contribution in [0.2, 0.25) is 0 Å². The number of ether oxygens (including phenoxy) is 2. The van der Waals surface area contributed by atoms with Gasteiger partial charge in [-0.25, -0.2) is 0 Å². The van der Waals surface area contributed by atoms with Crippen molar-refractivity contribution in [3.63, 3.8) is 0 Å². The number of hydrogen-bond acceptors (Lipinski definition) is 4. The van der Waals surface area contributed by atoms with E-state index in [2.05, 4.69) is 5.32 Å². The Kier molecular flexibility index (Phi) is 6.68. The highest BCUT2D eigenvalue weighted by atomic mass is 16.5. The monoisotopic (exact) mass is 307 g/mol. The van der Waals surface area contributed by atoms with Gasteiger partial charge in [-0.2, -0.15) is 0 Å². The number of rotatable bonds is 9. The fraction of sp³-hybridized carbons (Fsp3) is 0.588. The molecule has 5 heteroatoms. The Morgan fingerprint density at radius 1 is 1.45 bits per heavy atom. The van der Waals surface area contributed by atoms with Gasteiger partial charge in [-0.1, -0.05) is 25.5 Å². The molecule has 22 heavy (non-hydrogen) atoms. The molecular weight excluding hydrogens is 282 g/mol. The minimum Gasteiger partial charge on any atom is -0.491 e. The molecule has 1 fully saturated rings. The average Bonchev–Trinajstić information content (AvgIpc) is 3.03. The van der Waals surface area contributed by atoms with Crippen LogP contribution in [-0.4, -0.2) is 36.4 Å². The minimum absolute atomic E-state index is 0.215. The van der Waals surface area contributed by atoms with Gasteiger partial charge >= 0.3 is 5.97 Å². The standard InChI is InChI=1S/C17H25NO4/c1-2-4-16(17(19)20)18-11-13-6-8-14(9-7-13)22-12-15-5-3-10-21-15/h6-9,15-16,18H,2-5,10-12H2,1H3,(H,19,20). The predicted molar refractivity (Wildman–Crippen MR) is 84.1 cm³/mol. The summed E-state index contributed by atoms with van der Waals surface area (Å²) in [6.07, 6.45) is 3.88. The second kappa shape index (κ2) is 8.76. The first-order valence-corrected chi connectivity index (χ1v) is 7.98. The summed E-state index contributed by atoms with van der Waals surface area (Å²) in [5.74, 6) is 0.0287. The molecule has 1 saturated heterocycles. The highest BCUT2D eigenvalue weighted by Crippen LogP contribution is 2.16. The van der Waals surface area contributed by atoms with Crippen LogP contribution in [-0.2, 0) is 16.1 Å². The van der Waals surface area contributed by atoms with Crippen molar-refractivity contribution in [2.45, 2.75) is 51.3 Å². The molecule has 122 valence electrons. The summed E-state index contributed by atoms with van der Waals surface area (Å²) in [5, 5.41) is 12.2. The molecule has 1 aliphatic rings. The topological polar surface area (TPSA) is 67.8 Å². The third-order valence-electron chi connectivity index (χ3n) is 3.81. The number of hydrogen-bond donors (Lipinski definition) is 2. The molecule has 0 saturated carbocycles. The van der Waals surface area contributed by atoms with Gasteiger partial charge in [0.1, 0.15) is 18.4 Å². The molecule has 0 aromatic heterocycles. The first-order chi connectivity index (χ1) is 10.7. The number of carbonyl (C=O) groups is 1. The zero-order valence-corrected chi connectivity index (χ0v) is 13.1. The van der Waals surface area contributed by atoms with Crippen molar-refractivity contribution in [1.82, 2.24) is 5.32 Å². The summed E-state index contributed by atoms with van der Waals surface area (Å²) in [6.45, 7) is 3.96. The van der Waals surface area contributed by atoms with Gasteiger partial charge in [0.15, 0.2) is 0 Å². The average molecular weight is 307 g/mol. The normalized spacial score (nSPS) is 19.0. The summed E-state index contributed by atoms with van der Waals surface area (Å²) >= 11 is 0. The van der Waals surface area contributed by atoms with Crippen LogP contribution in [0.4, 0.5) is 0 Å². The van der Waals surface area contributed by atoms with Crippen LogP contribution >= 0.6 is 0 Å². The maximum Gasteiger partial charge on any atom is 0.320 e. The Labute approximate surface area is 131 Å². The second-order valence-electron chi connectivity index (χ2n) is 5.65. The van der Waals surface area contributed by atoms with Crippen LogP contribution in [0.1, 0.15) is 38.2 Å².